The van der Waals surface area contributed by atoms with E-state index in [-0.39, 0.29) is 6.09 Å². The highest BCUT2D eigenvalue weighted by atomic mass is 16.6. The molecule has 1 aliphatic heterocycles. The van der Waals surface area contributed by atoms with Gasteiger partial charge in [0.2, 0.25) is 0 Å². The van der Waals surface area contributed by atoms with E-state index in [1.807, 2.05) is 0 Å². The second-order valence-electron chi connectivity index (χ2n) is 3.22. The van der Waals surface area contributed by atoms with Crippen molar-refractivity contribution in [3.63, 3.8) is 0 Å². The van der Waals surface area contributed by atoms with Gasteiger partial charge in [0.05, 0.1) is 6.54 Å². The number of carbonyl (C=O) groups excluding carboxylic acids is 1. The van der Waals surface area contributed by atoms with Gasteiger partial charge in [0.15, 0.2) is 0 Å². The first-order chi connectivity index (χ1) is 6.27. The van der Waals surface area contributed by atoms with Gasteiger partial charge in [0.1, 0.15) is 6.61 Å². The summed E-state index contributed by atoms with van der Waals surface area (Å²) >= 11 is 0. The highest BCUT2D eigenvalue weighted by molar-refractivity contribution is 5.69. The Morgan fingerprint density at radius 1 is 1.62 bits per heavy atom. The number of likely N-dealkylation sites (N-methyl/N-ethyl adjacent to an activating group) is 1. The summed E-state index contributed by atoms with van der Waals surface area (Å²) in [7, 11) is 0. The zero-order valence-corrected chi connectivity index (χ0v) is 8.38. The molecule has 0 bridgehead atoms. The summed E-state index contributed by atoms with van der Waals surface area (Å²) in [4.78, 5) is 12.9. The van der Waals surface area contributed by atoms with Crippen LogP contribution in [-0.2, 0) is 4.74 Å². The number of hydrogen-bond donors (Lipinski definition) is 1. The molecular formula is C9H18N2O2. The Labute approximate surface area is 79.2 Å². The number of rotatable bonds is 5. The normalized spacial score (nSPS) is 18.9. The highest BCUT2D eigenvalue weighted by Crippen LogP contribution is 2.05. The maximum atomic E-state index is 11.1. The molecule has 0 aromatic rings. The Hall–Kier alpha value is -0.770. The molecular weight excluding hydrogens is 168 g/mol. The third-order valence-corrected chi connectivity index (χ3v) is 2.27. The van der Waals surface area contributed by atoms with Crippen LogP contribution in [0.5, 0.6) is 0 Å². The van der Waals surface area contributed by atoms with Gasteiger partial charge in [0.25, 0.3) is 0 Å². The summed E-state index contributed by atoms with van der Waals surface area (Å²) in [6.07, 6.45) is 0.869. The summed E-state index contributed by atoms with van der Waals surface area (Å²) in [5, 5.41) is 3.33. The maximum Gasteiger partial charge on any atom is 0.409 e. The molecule has 0 saturated carbocycles. The number of amides is 1. The molecule has 1 saturated heterocycles. The number of nitrogens with one attached hydrogen (secondary N) is 1. The minimum atomic E-state index is -0.170. The van der Waals surface area contributed by atoms with Gasteiger partial charge in [-0.2, -0.15) is 0 Å². The molecule has 0 aromatic carbocycles. The van der Waals surface area contributed by atoms with Crippen molar-refractivity contribution in [3.05, 3.63) is 0 Å². The maximum absolute atomic E-state index is 11.1. The minimum absolute atomic E-state index is 0.170. The Kier molecular flexibility index (Phi) is 4.02. The summed E-state index contributed by atoms with van der Waals surface area (Å²) < 4.78 is 4.85. The van der Waals surface area contributed by atoms with Crippen LogP contribution in [0.4, 0.5) is 4.79 Å². The van der Waals surface area contributed by atoms with Crippen LogP contribution >= 0.6 is 0 Å². The minimum Gasteiger partial charge on any atom is -0.448 e. The second-order valence-corrected chi connectivity index (χ2v) is 3.22. The molecule has 1 fully saturated rings. The van der Waals surface area contributed by atoms with Crippen molar-refractivity contribution in [1.29, 1.82) is 0 Å². The van der Waals surface area contributed by atoms with E-state index in [1.54, 1.807) is 4.90 Å². The first-order valence-corrected chi connectivity index (χ1v) is 4.93. The van der Waals surface area contributed by atoms with E-state index in [0.29, 0.717) is 12.6 Å². The Bertz CT molecular complexity index is 173. The van der Waals surface area contributed by atoms with E-state index in [0.717, 1.165) is 26.1 Å². The lowest BCUT2D eigenvalue weighted by molar-refractivity contribution is 0.155. The standard InChI is InChI=1S/C9H18N2O2/c1-3-8(10-4-2)7-11-5-6-13-9(11)12/h8,10H,3-7H2,1-2H3. The van der Waals surface area contributed by atoms with Gasteiger partial charge >= 0.3 is 6.09 Å². The molecule has 1 rings (SSSR count). The van der Waals surface area contributed by atoms with Gasteiger partial charge in [-0.1, -0.05) is 13.8 Å². The van der Waals surface area contributed by atoms with Crippen molar-refractivity contribution >= 4 is 6.09 Å². The third kappa shape index (κ3) is 2.88. The molecule has 0 radical (unpaired) electrons. The lowest BCUT2D eigenvalue weighted by Crippen LogP contribution is -2.41. The Balaban J connectivity index is 2.31. The van der Waals surface area contributed by atoms with E-state index in [9.17, 15) is 4.79 Å². The Morgan fingerprint density at radius 3 is 2.85 bits per heavy atom. The van der Waals surface area contributed by atoms with Crippen molar-refractivity contribution in [1.82, 2.24) is 10.2 Å². The molecule has 1 heterocycles. The number of hydrogen-bond acceptors (Lipinski definition) is 3. The van der Waals surface area contributed by atoms with Crippen LogP contribution in [0.2, 0.25) is 0 Å². The molecule has 0 aliphatic carbocycles. The van der Waals surface area contributed by atoms with E-state index >= 15 is 0 Å². The van der Waals surface area contributed by atoms with Crippen LogP contribution in [-0.4, -0.2) is 43.3 Å². The zero-order chi connectivity index (χ0) is 9.68. The van der Waals surface area contributed by atoms with Crippen LogP contribution in [0.15, 0.2) is 0 Å². The van der Waals surface area contributed by atoms with Crippen LogP contribution in [0.1, 0.15) is 20.3 Å². The summed E-state index contributed by atoms with van der Waals surface area (Å²) in [6, 6.07) is 0.399. The van der Waals surface area contributed by atoms with Crippen molar-refractivity contribution in [2.45, 2.75) is 26.3 Å². The molecule has 13 heavy (non-hydrogen) atoms. The van der Waals surface area contributed by atoms with Gasteiger partial charge in [-0.15, -0.1) is 0 Å². The number of carbonyl (C=O) groups is 1. The smallest absolute Gasteiger partial charge is 0.409 e. The summed E-state index contributed by atoms with van der Waals surface area (Å²) in [6.45, 7) is 7.19. The topological polar surface area (TPSA) is 41.6 Å². The zero-order valence-electron chi connectivity index (χ0n) is 8.38. The molecule has 1 aliphatic rings. The van der Waals surface area contributed by atoms with Crippen LogP contribution in [0.3, 0.4) is 0 Å². The van der Waals surface area contributed by atoms with Gasteiger partial charge in [0, 0.05) is 12.6 Å². The largest absolute Gasteiger partial charge is 0.448 e. The van der Waals surface area contributed by atoms with Gasteiger partial charge < -0.3 is 15.0 Å². The molecule has 0 spiro atoms. The highest BCUT2D eigenvalue weighted by Gasteiger charge is 2.23. The first kappa shape index (κ1) is 10.3. The van der Waals surface area contributed by atoms with Gasteiger partial charge in [-0.3, -0.25) is 0 Å². The predicted octanol–water partition coefficient (Wildman–Crippen LogP) is 0.827. The fourth-order valence-corrected chi connectivity index (χ4v) is 1.48. The molecule has 0 aromatic heterocycles. The molecule has 1 atom stereocenters. The molecule has 1 N–H and O–H groups in total. The quantitative estimate of drug-likeness (QED) is 0.691. The van der Waals surface area contributed by atoms with Gasteiger partial charge in [-0.05, 0) is 13.0 Å². The predicted molar refractivity (Wildman–Crippen MR) is 50.7 cm³/mol. The number of cyclic esters (lactones) is 1. The molecule has 4 nitrogen and oxygen atoms in total. The van der Waals surface area contributed by atoms with E-state index in [1.165, 1.54) is 0 Å². The Morgan fingerprint density at radius 2 is 2.38 bits per heavy atom. The van der Waals surface area contributed by atoms with Crippen molar-refractivity contribution in [3.8, 4) is 0 Å². The fourth-order valence-electron chi connectivity index (χ4n) is 1.48. The molecule has 1 unspecified atom stereocenters. The van der Waals surface area contributed by atoms with E-state index in [2.05, 4.69) is 19.2 Å². The second kappa shape index (κ2) is 5.07. The average molecular weight is 186 g/mol. The monoisotopic (exact) mass is 186 g/mol. The number of nitrogens with zero attached hydrogens (tertiary/aromatic N) is 1. The van der Waals surface area contributed by atoms with Gasteiger partial charge in [-0.25, -0.2) is 4.79 Å². The van der Waals surface area contributed by atoms with Crippen molar-refractivity contribution in [2.75, 3.05) is 26.2 Å². The molecule has 4 heteroatoms. The summed E-state index contributed by atoms with van der Waals surface area (Å²) in [5.74, 6) is 0. The van der Waals surface area contributed by atoms with Crippen LogP contribution in [0.25, 0.3) is 0 Å². The van der Waals surface area contributed by atoms with Crippen molar-refractivity contribution < 1.29 is 9.53 Å². The first-order valence-electron chi connectivity index (χ1n) is 4.93. The third-order valence-electron chi connectivity index (χ3n) is 2.27. The van der Waals surface area contributed by atoms with Crippen LogP contribution < -0.4 is 5.32 Å². The van der Waals surface area contributed by atoms with Crippen molar-refractivity contribution in [2.24, 2.45) is 0 Å². The van der Waals surface area contributed by atoms with E-state index < -0.39 is 0 Å². The van der Waals surface area contributed by atoms with Crippen LogP contribution in [0, 0.1) is 0 Å². The average Bonchev–Trinajstić information content (AvgIpc) is 2.51. The molecule has 1 amide bonds. The SMILES string of the molecule is CCNC(CC)CN1CCOC1=O. The van der Waals surface area contributed by atoms with E-state index in [4.69, 9.17) is 4.74 Å². The number of ether oxygens (including phenoxy) is 1. The molecule has 76 valence electrons. The lowest BCUT2D eigenvalue weighted by Gasteiger charge is -2.21. The lowest BCUT2D eigenvalue weighted by atomic mass is 10.2. The fraction of sp³-hybridized carbons (Fsp3) is 0.889. The summed E-state index contributed by atoms with van der Waals surface area (Å²) in [5.41, 5.74) is 0.